The quantitative estimate of drug-likeness (QED) is 0.841. The Balaban J connectivity index is 1.70. The highest BCUT2D eigenvalue weighted by molar-refractivity contribution is 7.89. The Labute approximate surface area is 151 Å². The van der Waals surface area contributed by atoms with Crippen molar-refractivity contribution in [2.24, 2.45) is 0 Å². The van der Waals surface area contributed by atoms with Gasteiger partial charge in [0.2, 0.25) is 10.0 Å². The monoisotopic (exact) mass is 358 g/mol. The van der Waals surface area contributed by atoms with Gasteiger partial charge in [-0.3, -0.25) is 4.90 Å². The molecule has 0 aromatic heterocycles. The fraction of sp³-hybridized carbons (Fsp3) is 0.400. The summed E-state index contributed by atoms with van der Waals surface area (Å²) in [4.78, 5) is 2.75. The van der Waals surface area contributed by atoms with Gasteiger partial charge in [-0.1, -0.05) is 36.4 Å². The zero-order chi connectivity index (χ0) is 18.0. The van der Waals surface area contributed by atoms with Crippen molar-refractivity contribution in [2.45, 2.75) is 31.7 Å². The summed E-state index contributed by atoms with van der Waals surface area (Å²) < 4.78 is 27.4. The minimum absolute atomic E-state index is 0.299. The van der Waals surface area contributed by atoms with Crippen molar-refractivity contribution in [3.8, 4) is 0 Å². The topological polar surface area (TPSA) is 40.6 Å². The molecular weight excluding hydrogens is 332 g/mol. The van der Waals surface area contributed by atoms with Crippen LogP contribution < -0.4 is 0 Å². The first-order valence-corrected chi connectivity index (χ1v) is 10.2. The van der Waals surface area contributed by atoms with E-state index in [1.54, 1.807) is 16.4 Å². The van der Waals surface area contributed by atoms with Crippen LogP contribution in [-0.2, 0) is 10.0 Å². The fourth-order valence-electron chi connectivity index (χ4n) is 3.30. The molecule has 0 radical (unpaired) electrons. The maximum Gasteiger partial charge on any atom is 0.243 e. The van der Waals surface area contributed by atoms with E-state index in [-0.39, 0.29) is 0 Å². The van der Waals surface area contributed by atoms with Crippen LogP contribution >= 0.6 is 0 Å². The van der Waals surface area contributed by atoms with Crippen LogP contribution in [0.4, 0.5) is 0 Å². The van der Waals surface area contributed by atoms with Crippen LogP contribution in [0, 0.1) is 13.8 Å². The molecule has 1 unspecified atom stereocenters. The highest BCUT2D eigenvalue weighted by Crippen LogP contribution is 2.24. The molecule has 0 bridgehead atoms. The second-order valence-electron chi connectivity index (χ2n) is 6.77. The molecule has 5 heteroatoms. The molecule has 1 saturated heterocycles. The minimum atomic E-state index is -3.41. The molecule has 4 nitrogen and oxygen atoms in total. The van der Waals surface area contributed by atoms with E-state index in [4.69, 9.17) is 0 Å². The van der Waals surface area contributed by atoms with E-state index in [1.165, 1.54) is 5.56 Å². The number of hydrogen-bond acceptors (Lipinski definition) is 3. The van der Waals surface area contributed by atoms with Gasteiger partial charge in [0.15, 0.2) is 0 Å². The largest absolute Gasteiger partial charge is 0.294 e. The van der Waals surface area contributed by atoms with E-state index in [9.17, 15) is 8.42 Å². The van der Waals surface area contributed by atoms with Gasteiger partial charge in [-0.05, 0) is 49.6 Å². The molecule has 2 aromatic carbocycles. The molecule has 0 saturated carbocycles. The van der Waals surface area contributed by atoms with Crippen LogP contribution in [0.1, 0.15) is 29.7 Å². The maximum absolute atomic E-state index is 12.9. The molecule has 2 aromatic rings. The van der Waals surface area contributed by atoms with Crippen LogP contribution in [0.25, 0.3) is 0 Å². The highest BCUT2D eigenvalue weighted by Gasteiger charge is 2.30. The van der Waals surface area contributed by atoms with Crippen LogP contribution in [0.2, 0.25) is 0 Å². The molecule has 1 heterocycles. The van der Waals surface area contributed by atoms with Gasteiger partial charge < -0.3 is 0 Å². The molecule has 1 aliphatic rings. The fourth-order valence-corrected chi connectivity index (χ4v) is 4.80. The van der Waals surface area contributed by atoms with E-state index in [0.717, 1.165) is 24.2 Å². The predicted molar refractivity (Wildman–Crippen MR) is 101 cm³/mol. The Kier molecular flexibility index (Phi) is 5.27. The van der Waals surface area contributed by atoms with E-state index in [0.29, 0.717) is 24.0 Å². The Morgan fingerprint density at radius 2 is 1.52 bits per heavy atom. The second-order valence-corrected chi connectivity index (χ2v) is 8.71. The summed E-state index contributed by atoms with van der Waals surface area (Å²) in [6, 6.07) is 16.1. The minimum Gasteiger partial charge on any atom is -0.294 e. The van der Waals surface area contributed by atoms with Crippen molar-refractivity contribution in [2.75, 3.05) is 26.2 Å². The number of sulfonamides is 1. The average Bonchev–Trinajstić information content (AvgIpc) is 2.64. The molecule has 0 N–H and O–H groups in total. The molecular formula is C20H26N2O2S. The summed E-state index contributed by atoms with van der Waals surface area (Å²) in [5.41, 5.74) is 3.39. The first-order valence-electron chi connectivity index (χ1n) is 8.76. The van der Waals surface area contributed by atoms with Crippen molar-refractivity contribution >= 4 is 10.0 Å². The first kappa shape index (κ1) is 18.1. The zero-order valence-corrected chi connectivity index (χ0v) is 16.0. The van der Waals surface area contributed by atoms with Crippen LogP contribution in [0.3, 0.4) is 0 Å². The number of hydrogen-bond donors (Lipinski definition) is 0. The molecule has 134 valence electrons. The average molecular weight is 359 g/mol. The molecule has 25 heavy (non-hydrogen) atoms. The summed E-state index contributed by atoms with van der Waals surface area (Å²) in [7, 11) is -3.41. The summed E-state index contributed by atoms with van der Waals surface area (Å²) in [5, 5.41) is 0. The lowest BCUT2D eigenvalue weighted by Gasteiger charge is -2.37. The van der Waals surface area contributed by atoms with E-state index in [2.05, 4.69) is 24.0 Å². The Morgan fingerprint density at radius 3 is 2.12 bits per heavy atom. The van der Waals surface area contributed by atoms with E-state index >= 15 is 0 Å². The van der Waals surface area contributed by atoms with Crippen LogP contribution in [-0.4, -0.2) is 43.8 Å². The normalized spacial score (nSPS) is 18.2. The van der Waals surface area contributed by atoms with Crippen LogP contribution in [0.15, 0.2) is 53.4 Å². The lowest BCUT2D eigenvalue weighted by Crippen LogP contribution is -2.49. The summed E-state index contributed by atoms with van der Waals surface area (Å²) in [6.07, 6.45) is 0. The van der Waals surface area contributed by atoms with Crippen LogP contribution in [0.5, 0.6) is 0 Å². The molecule has 1 fully saturated rings. The van der Waals surface area contributed by atoms with Gasteiger partial charge in [0, 0.05) is 32.2 Å². The number of aryl methyl sites for hydroxylation is 2. The lowest BCUT2D eigenvalue weighted by molar-refractivity contribution is 0.146. The van der Waals surface area contributed by atoms with Gasteiger partial charge >= 0.3 is 0 Å². The lowest BCUT2D eigenvalue weighted by atomic mass is 10.1. The van der Waals surface area contributed by atoms with Gasteiger partial charge in [0.05, 0.1) is 4.90 Å². The highest BCUT2D eigenvalue weighted by atomic mass is 32.2. The summed E-state index contributed by atoms with van der Waals surface area (Å²) in [5.74, 6) is 0. The molecule has 3 rings (SSSR count). The standard InChI is InChI=1S/C20H26N2O2S/c1-16-9-10-20(15-17(16)2)25(23,24)22-13-11-21(12-14-22)18(3)19-7-5-4-6-8-19/h4-10,15,18H,11-14H2,1-3H3. The Morgan fingerprint density at radius 1 is 0.880 bits per heavy atom. The third-order valence-electron chi connectivity index (χ3n) is 5.22. The zero-order valence-electron chi connectivity index (χ0n) is 15.1. The molecule has 1 atom stereocenters. The van der Waals surface area contributed by atoms with Crippen molar-refractivity contribution in [3.05, 3.63) is 65.2 Å². The Hall–Kier alpha value is -1.69. The third kappa shape index (κ3) is 3.78. The van der Waals surface area contributed by atoms with Crippen molar-refractivity contribution in [3.63, 3.8) is 0 Å². The summed E-state index contributed by atoms with van der Waals surface area (Å²) >= 11 is 0. The molecule has 0 aliphatic carbocycles. The maximum atomic E-state index is 12.9. The number of nitrogens with zero attached hydrogens (tertiary/aromatic N) is 2. The number of piperazine rings is 1. The van der Waals surface area contributed by atoms with Gasteiger partial charge in [0.1, 0.15) is 0 Å². The summed E-state index contributed by atoms with van der Waals surface area (Å²) in [6.45, 7) is 8.70. The van der Waals surface area contributed by atoms with Gasteiger partial charge in [0.25, 0.3) is 0 Å². The number of rotatable bonds is 4. The predicted octanol–water partition coefficient (Wildman–Crippen LogP) is 3.37. The molecule has 0 spiro atoms. The number of benzene rings is 2. The van der Waals surface area contributed by atoms with Gasteiger partial charge in [-0.2, -0.15) is 4.31 Å². The molecule has 1 aliphatic heterocycles. The van der Waals surface area contributed by atoms with Gasteiger partial charge in [-0.15, -0.1) is 0 Å². The van der Waals surface area contributed by atoms with E-state index in [1.807, 2.05) is 38.1 Å². The van der Waals surface area contributed by atoms with Crippen molar-refractivity contribution < 1.29 is 8.42 Å². The van der Waals surface area contributed by atoms with Crippen molar-refractivity contribution in [1.82, 2.24) is 9.21 Å². The van der Waals surface area contributed by atoms with E-state index < -0.39 is 10.0 Å². The first-order chi connectivity index (χ1) is 11.9. The van der Waals surface area contributed by atoms with Gasteiger partial charge in [-0.25, -0.2) is 8.42 Å². The van der Waals surface area contributed by atoms with Crippen molar-refractivity contribution in [1.29, 1.82) is 0 Å². The SMILES string of the molecule is Cc1ccc(S(=O)(=O)N2CCN(C(C)c3ccccc3)CC2)cc1C. The second kappa shape index (κ2) is 7.28. The smallest absolute Gasteiger partial charge is 0.243 e. The third-order valence-corrected chi connectivity index (χ3v) is 7.11. The molecule has 0 amide bonds. The Bertz CT molecular complexity index is 826.